The molecule has 1 aromatic carbocycles. The molecule has 0 radical (unpaired) electrons. The Morgan fingerprint density at radius 3 is 2.76 bits per heavy atom. The number of carbonyl (C=O) groups excluding carboxylic acids is 1. The lowest BCUT2D eigenvalue weighted by atomic mass is 10.0. The van der Waals surface area contributed by atoms with E-state index >= 15 is 0 Å². The molecule has 0 saturated carbocycles. The number of rotatable bonds is 2. The molecule has 0 bridgehead atoms. The summed E-state index contributed by atoms with van der Waals surface area (Å²) in [5.41, 5.74) is 7.30. The second-order valence-corrected chi connectivity index (χ2v) is 4.68. The molecule has 2 aromatic heterocycles. The minimum absolute atomic E-state index is 0.200. The summed E-state index contributed by atoms with van der Waals surface area (Å²) in [6, 6.07) is 4.26. The number of nitrogen functional groups attached to an aromatic ring is 1. The summed E-state index contributed by atoms with van der Waals surface area (Å²) in [6.07, 6.45) is 1.33. The molecule has 0 saturated heterocycles. The number of nitrogens with two attached hydrogens (primary N) is 1. The molecule has 0 aliphatic carbocycles. The molecule has 3 aromatic rings. The zero-order valence-corrected chi connectivity index (χ0v) is 11.5. The molecule has 0 aliphatic rings. The van der Waals surface area contributed by atoms with Crippen molar-refractivity contribution >= 4 is 22.6 Å². The highest BCUT2D eigenvalue weighted by Crippen LogP contribution is 2.31. The Bertz CT molecular complexity index is 871. The standard InChI is InChI=1S/C14H12FN5O/c1-7(21)8-3-4-9(10(15)5-8)12-11-13(16)17-6-18-14(11)20(2)19-12/h3-6H,1-2H3,(H2,16,17,18). The van der Waals surface area contributed by atoms with Crippen LogP contribution in [0.3, 0.4) is 0 Å². The van der Waals surface area contributed by atoms with Crippen LogP contribution in [0.4, 0.5) is 10.2 Å². The normalized spacial score (nSPS) is 11.0. The van der Waals surface area contributed by atoms with E-state index in [4.69, 9.17) is 5.73 Å². The molecular formula is C14H12FN5O. The predicted octanol–water partition coefficient (Wildman–Crippen LogP) is 1.95. The lowest BCUT2D eigenvalue weighted by Crippen LogP contribution is -1.96. The second kappa shape index (κ2) is 4.62. The molecule has 6 nitrogen and oxygen atoms in total. The van der Waals surface area contributed by atoms with Crippen LogP contribution in [0.1, 0.15) is 17.3 Å². The summed E-state index contributed by atoms with van der Waals surface area (Å²) in [7, 11) is 1.69. The minimum Gasteiger partial charge on any atom is -0.383 e. The number of benzene rings is 1. The number of aromatic nitrogens is 4. The van der Waals surface area contributed by atoms with Crippen LogP contribution < -0.4 is 5.73 Å². The highest BCUT2D eigenvalue weighted by atomic mass is 19.1. The lowest BCUT2D eigenvalue weighted by molar-refractivity contribution is 0.101. The molecule has 106 valence electrons. The first-order valence-electron chi connectivity index (χ1n) is 6.23. The Morgan fingerprint density at radius 1 is 1.33 bits per heavy atom. The summed E-state index contributed by atoms with van der Waals surface area (Å²) < 4.78 is 15.8. The molecule has 0 unspecified atom stereocenters. The van der Waals surface area contributed by atoms with E-state index in [1.807, 2.05) is 0 Å². The van der Waals surface area contributed by atoms with Crippen molar-refractivity contribution in [2.75, 3.05) is 5.73 Å². The van der Waals surface area contributed by atoms with Gasteiger partial charge in [-0.3, -0.25) is 4.79 Å². The van der Waals surface area contributed by atoms with E-state index in [1.54, 1.807) is 13.1 Å². The highest BCUT2D eigenvalue weighted by molar-refractivity contribution is 5.99. The van der Waals surface area contributed by atoms with Gasteiger partial charge in [0.25, 0.3) is 0 Å². The number of anilines is 1. The number of aryl methyl sites for hydroxylation is 1. The molecule has 0 fully saturated rings. The molecule has 0 atom stereocenters. The van der Waals surface area contributed by atoms with Gasteiger partial charge in [0.1, 0.15) is 23.7 Å². The van der Waals surface area contributed by atoms with Crippen molar-refractivity contribution in [3.8, 4) is 11.3 Å². The fraction of sp³-hybridized carbons (Fsp3) is 0.143. The first-order chi connectivity index (χ1) is 9.99. The Hall–Kier alpha value is -2.83. The summed E-state index contributed by atoms with van der Waals surface area (Å²) in [5.74, 6) is -0.502. The third-order valence-corrected chi connectivity index (χ3v) is 3.28. The number of hydrogen-bond donors (Lipinski definition) is 1. The summed E-state index contributed by atoms with van der Waals surface area (Å²) in [5, 5.41) is 4.76. The van der Waals surface area contributed by atoms with Gasteiger partial charge in [-0.15, -0.1) is 0 Å². The van der Waals surface area contributed by atoms with Gasteiger partial charge in [0, 0.05) is 18.2 Å². The zero-order chi connectivity index (χ0) is 15.1. The van der Waals surface area contributed by atoms with Crippen molar-refractivity contribution in [1.82, 2.24) is 19.7 Å². The maximum absolute atomic E-state index is 14.3. The fourth-order valence-corrected chi connectivity index (χ4v) is 2.22. The van der Waals surface area contributed by atoms with Crippen LogP contribution in [0, 0.1) is 5.82 Å². The number of hydrogen-bond acceptors (Lipinski definition) is 5. The average molecular weight is 285 g/mol. The molecule has 0 spiro atoms. The number of halogens is 1. The maximum atomic E-state index is 14.3. The topological polar surface area (TPSA) is 86.7 Å². The SMILES string of the molecule is CC(=O)c1ccc(-c2nn(C)c3ncnc(N)c23)c(F)c1. The van der Waals surface area contributed by atoms with Crippen LogP contribution in [0.15, 0.2) is 24.5 Å². The molecule has 2 N–H and O–H groups in total. The highest BCUT2D eigenvalue weighted by Gasteiger charge is 2.18. The van der Waals surface area contributed by atoms with E-state index in [0.29, 0.717) is 22.3 Å². The number of ketones is 1. The largest absolute Gasteiger partial charge is 0.383 e. The van der Waals surface area contributed by atoms with Crippen LogP contribution >= 0.6 is 0 Å². The third-order valence-electron chi connectivity index (χ3n) is 3.28. The van der Waals surface area contributed by atoms with E-state index in [1.165, 1.54) is 30.1 Å². The summed E-state index contributed by atoms with van der Waals surface area (Å²) in [4.78, 5) is 19.3. The first-order valence-corrected chi connectivity index (χ1v) is 6.23. The van der Waals surface area contributed by atoms with Crippen molar-refractivity contribution < 1.29 is 9.18 Å². The van der Waals surface area contributed by atoms with Gasteiger partial charge in [-0.1, -0.05) is 6.07 Å². The first kappa shape index (κ1) is 13.2. The molecule has 3 rings (SSSR count). The van der Waals surface area contributed by atoms with Gasteiger partial charge in [-0.05, 0) is 19.1 Å². The molecule has 0 aliphatic heterocycles. The van der Waals surface area contributed by atoms with Gasteiger partial charge in [0.2, 0.25) is 0 Å². The number of nitrogens with zero attached hydrogens (tertiary/aromatic N) is 4. The van der Waals surface area contributed by atoms with Gasteiger partial charge in [-0.25, -0.2) is 19.0 Å². The van der Waals surface area contributed by atoms with Crippen molar-refractivity contribution in [2.24, 2.45) is 7.05 Å². The van der Waals surface area contributed by atoms with Crippen LogP contribution in [0.25, 0.3) is 22.3 Å². The van der Waals surface area contributed by atoms with Crippen molar-refractivity contribution in [2.45, 2.75) is 6.92 Å². The smallest absolute Gasteiger partial charge is 0.163 e. The Balaban J connectivity index is 2.29. The van der Waals surface area contributed by atoms with Crippen molar-refractivity contribution in [1.29, 1.82) is 0 Å². The molecule has 7 heteroatoms. The van der Waals surface area contributed by atoms with Gasteiger partial charge in [-0.2, -0.15) is 5.10 Å². The molecule has 0 amide bonds. The number of Topliss-reactive ketones (excluding diaryl/α,β-unsaturated/α-hetero) is 1. The average Bonchev–Trinajstić information content (AvgIpc) is 2.77. The van der Waals surface area contributed by atoms with Crippen molar-refractivity contribution in [3.63, 3.8) is 0 Å². The van der Waals surface area contributed by atoms with E-state index in [2.05, 4.69) is 15.1 Å². The third kappa shape index (κ3) is 2.03. The second-order valence-electron chi connectivity index (χ2n) is 4.68. The summed E-state index contributed by atoms with van der Waals surface area (Å²) in [6.45, 7) is 1.39. The van der Waals surface area contributed by atoms with Gasteiger partial charge >= 0.3 is 0 Å². The van der Waals surface area contributed by atoms with Crippen LogP contribution in [0.5, 0.6) is 0 Å². The summed E-state index contributed by atoms with van der Waals surface area (Å²) >= 11 is 0. The Kier molecular flexibility index (Phi) is 2.90. The van der Waals surface area contributed by atoms with E-state index in [0.717, 1.165) is 0 Å². The van der Waals surface area contributed by atoms with E-state index in [-0.39, 0.29) is 17.2 Å². The maximum Gasteiger partial charge on any atom is 0.163 e. The molecule has 2 heterocycles. The van der Waals surface area contributed by atoms with Gasteiger partial charge in [0.15, 0.2) is 11.4 Å². The quantitative estimate of drug-likeness (QED) is 0.727. The van der Waals surface area contributed by atoms with Crippen LogP contribution in [-0.2, 0) is 7.05 Å². The van der Waals surface area contributed by atoms with Crippen molar-refractivity contribution in [3.05, 3.63) is 35.9 Å². The monoisotopic (exact) mass is 285 g/mol. The number of carbonyl (C=O) groups is 1. The minimum atomic E-state index is -0.536. The molecule has 21 heavy (non-hydrogen) atoms. The fourth-order valence-electron chi connectivity index (χ4n) is 2.22. The van der Waals surface area contributed by atoms with E-state index in [9.17, 15) is 9.18 Å². The molecular weight excluding hydrogens is 273 g/mol. The predicted molar refractivity (Wildman–Crippen MR) is 76.1 cm³/mol. The van der Waals surface area contributed by atoms with Crippen LogP contribution in [-0.4, -0.2) is 25.5 Å². The van der Waals surface area contributed by atoms with Gasteiger partial charge in [0.05, 0.1) is 5.39 Å². The lowest BCUT2D eigenvalue weighted by Gasteiger charge is -2.03. The van der Waals surface area contributed by atoms with E-state index < -0.39 is 5.82 Å². The van der Waals surface area contributed by atoms with Crippen LogP contribution in [0.2, 0.25) is 0 Å². The number of fused-ring (bicyclic) bond motifs is 1. The Labute approximate surface area is 119 Å². The zero-order valence-electron chi connectivity index (χ0n) is 11.5. The Morgan fingerprint density at radius 2 is 2.10 bits per heavy atom. The van der Waals surface area contributed by atoms with Gasteiger partial charge < -0.3 is 5.73 Å².